The maximum Gasteiger partial charge on any atom is 0.337 e. The van der Waals surface area contributed by atoms with E-state index in [1.54, 1.807) is 55.0 Å². The Hall–Kier alpha value is -4.23. The van der Waals surface area contributed by atoms with Gasteiger partial charge in [-0.15, -0.1) is 0 Å². The van der Waals surface area contributed by atoms with Crippen molar-refractivity contribution in [3.8, 4) is 0 Å². The Labute approximate surface area is 201 Å². The first kappa shape index (κ1) is 22.9. The van der Waals surface area contributed by atoms with Crippen LogP contribution in [0.25, 0.3) is 0 Å². The molecule has 7 nitrogen and oxygen atoms in total. The number of carbonyl (C=O) groups excluding carboxylic acids is 1. The van der Waals surface area contributed by atoms with Gasteiger partial charge in [0.05, 0.1) is 17.4 Å². The lowest BCUT2D eigenvalue weighted by atomic mass is 10.0. The molecule has 0 atom stereocenters. The van der Waals surface area contributed by atoms with E-state index in [-0.39, 0.29) is 22.6 Å². The van der Waals surface area contributed by atoms with Crippen molar-refractivity contribution in [1.29, 1.82) is 0 Å². The first-order valence-electron chi connectivity index (χ1n) is 10.4. The van der Waals surface area contributed by atoms with Crippen LogP contribution in [0.15, 0.2) is 85.3 Å². The lowest BCUT2D eigenvalue weighted by molar-refractivity contribution is 0.0698. The van der Waals surface area contributed by atoms with E-state index in [0.717, 1.165) is 16.9 Å². The summed E-state index contributed by atoms with van der Waals surface area (Å²) in [5, 5.41) is 13.4. The molecule has 0 unspecified atom stereocenters. The van der Waals surface area contributed by atoms with E-state index in [4.69, 9.17) is 11.6 Å². The first-order chi connectivity index (χ1) is 16.4. The molecule has 4 rings (SSSR count). The van der Waals surface area contributed by atoms with Crippen molar-refractivity contribution in [1.82, 2.24) is 9.97 Å². The quantitative estimate of drug-likeness (QED) is 0.330. The summed E-state index contributed by atoms with van der Waals surface area (Å²) >= 11 is 5.95. The van der Waals surface area contributed by atoms with Crippen LogP contribution in [0.3, 0.4) is 0 Å². The minimum Gasteiger partial charge on any atom is -0.478 e. The van der Waals surface area contributed by atoms with Gasteiger partial charge in [-0.05, 0) is 66.2 Å². The monoisotopic (exact) mass is 472 g/mol. The van der Waals surface area contributed by atoms with Gasteiger partial charge in [-0.1, -0.05) is 17.7 Å². The number of anilines is 3. The fraction of sp³-hybridized carbons (Fsp3) is 0.0769. The number of carbonyl (C=O) groups is 2. The van der Waals surface area contributed by atoms with Gasteiger partial charge in [0.1, 0.15) is 5.69 Å². The van der Waals surface area contributed by atoms with Gasteiger partial charge in [-0.2, -0.15) is 0 Å². The Morgan fingerprint density at radius 1 is 1.00 bits per heavy atom. The highest BCUT2D eigenvalue weighted by atomic mass is 35.5. The highest BCUT2D eigenvalue weighted by molar-refractivity contribution is 6.30. The van der Waals surface area contributed by atoms with Gasteiger partial charge in [-0.3, -0.25) is 14.8 Å². The molecule has 170 valence electrons. The molecule has 2 heterocycles. The fourth-order valence-corrected chi connectivity index (χ4v) is 3.52. The van der Waals surface area contributed by atoms with E-state index in [1.807, 2.05) is 36.2 Å². The molecule has 0 bridgehead atoms. The van der Waals surface area contributed by atoms with Crippen molar-refractivity contribution in [2.75, 3.05) is 17.3 Å². The van der Waals surface area contributed by atoms with Gasteiger partial charge in [0.25, 0.3) is 0 Å². The Morgan fingerprint density at radius 3 is 2.41 bits per heavy atom. The number of hydrogen-bond acceptors (Lipinski definition) is 6. The predicted molar refractivity (Wildman–Crippen MR) is 132 cm³/mol. The average molecular weight is 473 g/mol. The SMILES string of the molecule is CN(c1ccc(Cl)cc1)c1ccc(C(=O)c2ccc(NCc3cccnc3)c(C(=O)O)c2)nc1. The number of pyridine rings is 2. The van der Waals surface area contributed by atoms with Crippen LogP contribution in [0.1, 0.15) is 32.0 Å². The molecule has 0 spiro atoms. The second-order valence-electron chi connectivity index (χ2n) is 7.55. The van der Waals surface area contributed by atoms with Crippen molar-refractivity contribution in [3.05, 3.63) is 113 Å². The molecule has 0 saturated heterocycles. The van der Waals surface area contributed by atoms with Gasteiger partial charge in [-0.25, -0.2) is 4.79 Å². The number of ketones is 1. The number of carboxylic acid groups (broad SMARTS) is 1. The molecule has 34 heavy (non-hydrogen) atoms. The highest BCUT2D eigenvalue weighted by Crippen LogP contribution is 2.25. The number of rotatable bonds is 8. The lowest BCUT2D eigenvalue weighted by Crippen LogP contribution is -2.12. The summed E-state index contributed by atoms with van der Waals surface area (Å²) in [6.07, 6.45) is 4.97. The van der Waals surface area contributed by atoms with Crippen molar-refractivity contribution in [2.24, 2.45) is 0 Å². The lowest BCUT2D eigenvalue weighted by Gasteiger charge is -2.19. The second-order valence-corrected chi connectivity index (χ2v) is 7.98. The number of halogens is 1. The summed E-state index contributed by atoms with van der Waals surface area (Å²) in [5.41, 5.74) is 3.52. The maximum atomic E-state index is 13.0. The molecule has 0 aliphatic rings. The number of nitrogens with zero attached hydrogens (tertiary/aromatic N) is 3. The number of hydrogen-bond donors (Lipinski definition) is 2. The van der Waals surface area contributed by atoms with Crippen molar-refractivity contribution < 1.29 is 14.7 Å². The van der Waals surface area contributed by atoms with E-state index in [0.29, 0.717) is 17.3 Å². The zero-order chi connectivity index (χ0) is 24.1. The third-order valence-corrected chi connectivity index (χ3v) is 5.55. The molecule has 0 saturated carbocycles. The van der Waals surface area contributed by atoms with Gasteiger partial charge in [0.15, 0.2) is 0 Å². The second kappa shape index (κ2) is 10.1. The molecule has 0 amide bonds. The summed E-state index contributed by atoms with van der Waals surface area (Å²) in [5.74, 6) is -1.49. The molecule has 4 aromatic rings. The van der Waals surface area contributed by atoms with Gasteiger partial charge >= 0.3 is 5.97 Å². The Kier molecular flexibility index (Phi) is 6.85. The van der Waals surface area contributed by atoms with E-state index < -0.39 is 5.97 Å². The zero-order valence-corrected chi connectivity index (χ0v) is 19.0. The van der Waals surface area contributed by atoms with Gasteiger partial charge < -0.3 is 15.3 Å². The minimum atomic E-state index is -1.13. The molecule has 2 aromatic heterocycles. The molecule has 2 N–H and O–H groups in total. The highest BCUT2D eigenvalue weighted by Gasteiger charge is 2.17. The number of benzene rings is 2. The predicted octanol–water partition coefficient (Wildman–Crippen LogP) is 5.44. The topological polar surface area (TPSA) is 95.4 Å². The molecule has 2 aromatic carbocycles. The molecule has 0 aliphatic heterocycles. The number of carboxylic acids is 1. The van der Waals surface area contributed by atoms with Crippen LogP contribution in [0.5, 0.6) is 0 Å². The fourth-order valence-electron chi connectivity index (χ4n) is 3.40. The van der Waals surface area contributed by atoms with Crippen molar-refractivity contribution >= 4 is 40.4 Å². The van der Waals surface area contributed by atoms with Crippen LogP contribution in [-0.2, 0) is 6.54 Å². The van der Waals surface area contributed by atoms with Gasteiger partial charge in [0.2, 0.25) is 5.78 Å². The first-order valence-corrected chi connectivity index (χ1v) is 10.8. The number of nitrogens with one attached hydrogen (secondary N) is 1. The van der Waals surface area contributed by atoms with Crippen molar-refractivity contribution in [2.45, 2.75) is 6.54 Å². The summed E-state index contributed by atoms with van der Waals surface area (Å²) in [7, 11) is 1.89. The summed E-state index contributed by atoms with van der Waals surface area (Å²) in [6.45, 7) is 0.408. The third-order valence-electron chi connectivity index (χ3n) is 5.30. The summed E-state index contributed by atoms with van der Waals surface area (Å²) in [4.78, 5) is 35.1. The van der Waals surface area contributed by atoms with Crippen LogP contribution in [0.2, 0.25) is 5.02 Å². The molecular formula is C26H21ClN4O3. The normalized spacial score (nSPS) is 10.5. The van der Waals surface area contributed by atoms with E-state index in [9.17, 15) is 14.7 Å². The molecule has 8 heteroatoms. The van der Waals surface area contributed by atoms with Crippen LogP contribution in [-0.4, -0.2) is 33.9 Å². The number of aromatic nitrogens is 2. The smallest absolute Gasteiger partial charge is 0.337 e. The van der Waals surface area contributed by atoms with E-state index in [2.05, 4.69) is 15.3 Å². The largest absolute Gasteiger partial charge is 0.478 e. The molecule has 0 aliphatic carbocycles. The van der Waals surface area contributed by atoms with Crippen LogP contribution >= 0.6 is 11.6 Å². The average Bonchev–Trinajstić information content (AvgIpc) is 2.87. The van der Waals surface area contributed by atoms with E-state index >= 15 is 0 Å². The molecule has 0 fully saturated rings. The summed E-state index contributed by atoms with van der Waals surface area (Å²) < 4.78 is 0. The maximum absolute atomic E-state index is 13.0. The Bertz CT molecular complexity index is 1310. The van der Waals surface area contributed by atoms with E-state index in [1.165, 1.54) is 6.07 Å². The van der Waals surface area contributed by atoms with Gasteiger partial charge in [0, 0.05) is 47.9 Å². The third kappa shape index (κ3) is 5.22. The number of aromatic carboxylic acids is 1. The summed E-state index contributed by atoms with van der Waals surface area (Å²) in [6, 6.07) is 19.0. The zero-order valence-electron chi connectivity index (χ0n) is 18.3. The molecular weight excluding hydrogens is 452 g/mol. The standard InChI is InChI=1S/C26H21ClN4O3/c1-31(20-7-5-19(27)6-8-20)21-9-11-24(30-16-21)25(32)18-4-10-23(22(13-18)26(33)34)29-15-17-3-2-12-28-14-17/h2-14,16,29H,15H2,1H3,(H,33,34). The Balaban J connectivity index is 1.52. The Morgan fingerprint density at radius 2 is 1.76 bits per heavy atom. The van der Waals surface area contributed by atoms with Crippen molar-refractivity contribution in [3.63, 3.8) is 0 Å². The minimum absolute atomic E-state index is 0.00818. The molecule has 0 radical (unpaired) electrons. The van der Waals surface area contributed by atoms with Crippen LogP contribution < -0.4 is 10.2 Å². The van der Waals surface area contributed by atoms with Crippen LogP contribution in [0.4, 0.5) is 17.1 Å². The van der Waals surface area contributed by atoms with Crippen LogP contribution in [0, 0.1) is 0 Å².